The zero-order valence-corrected chi connectivity index (χ0v) is 12.5. The van der Waals surface area contributed by atoms with E-state index in [1.54, 1.807) is 35.6 Å². The summed E-state index contributed by atoms with van der Waals surface area (Å²) >= 11 is 1.60. The Balaban J connectivity index is 2.05. The Morgan fingerprint density at radius 1 is 1.14 bits per heavy atom. The van der Waals surface area contributed by atoms with E-state index in [9.17, 15) is 13.2 Å². The Labute approximate surface area is 126 Å². The molecule has 0 aliphatic carbocycles. The lowest BCUT2D eigenvalue weighted by Crippen LogP contribution is -2.34. The van der Waals surface area contributed by atoms with Gasteiger partial charge >= 0.3 is 6.18 Å². The van der Waals surface area contributed by atoms with Gasteiger partial charge in [0.25, 0.3) is 0 Å². The van der Waals surface area contributed by atoms with Crippen LogP contribution in [0.5, 0.6) is 0 Å². The predicted octanol–water partition coefficient (Wildman–Crippen LogP) is 4.96. The van der Waals surface area contributed by atoms with Gasteiger partial charge in [0.05, 0.1) is 6.42 Å². The van der Waals surface area contributed by atoms with E-state index >= 15 is 0 Å². The number of hydrogen-bond acceptors (Lipinski definition) is 2. The van der Waals surface area contributed by atoms with Crippen LogP contribution < -0.4 is 5.32 Å². The van der Waals surface area contributed by atoms with Crippen molar-refractivity contribution in [2.75, 3.05) is 0 Å². The van der Waals surface area contributed by atoms with Gasteiger partial charge in [-0.1, -0.05) is 30.3 Å². The molecule has 0 spiro atoms. The summed E-state index contributed by atoms with van der Waals surface area (Å²) in [6.45, 7) is 1.92. The third-order valence-electron chi connectivity index (χ3n) is 3.25. The molecule has 1 N–H and O–H groups in total. The second kappa shape index (κ2) is 7.09. The van der Waals surface area contributed by atoms with Crippen molar-refractivity contribution in [2.24, 2.45) is 0 Å². The third kappa shape index (κ3) is 5.52. The molecule has 2 atom stereocenters. The molecular weight excluding hydrogens is 295 g/mol. The van der Waals surface area contributed by atoms with Crippen molar-refractivity contribution in [3.05, 3.63) is 58.3 Å². The fourth-order valence-electron chi connectivity index (χ4n) is 2.35. The van der Waals surface area contributed by atoms with E-state index in [2.05, 4.69) is 5.32 Å². The van der Waals surface area contributed by atoms with Crippen molar-refractivity contribution in [2.45, 2.75) is 38.0 Å². The third-order valence-corrected chi connectivity index (χ3v) is 3.98. The van der Waals surface area contributed by atoms with Gasteiger partial charge in [0.15, 0.2) is 0 Å². The van der Waals surface area contributed by atoms with Crippen LogP contribution in [-0.4, -0.2) is 12.2 Å². The van der Waals surface area contributed by atoms with Crippen LogP contribution in [-0.2, 0) is 6.42 Å². The quantitative estimate of drug-likeness (QED) is 0.794. The summed E-state index contributed by atoms with van der Waals surface area (Å²) in [4.78, 5) is 0. The summed E-state index contributed by atoms with van der Waals surface area (Å²) in [5, 5.41) is 7.12. The van der Waals surface area contributed by atoms with Gasteiger partial charge in [-0.15, -0.1) is 0 Å². The van der Waals surface area contributed by atoms with E-state index in [4.69, 9.17) is 0 Å². The van der Waals surface area contributed by atoms with Gasteiger partial charge in [0, 0.05) is 12.1 Å². The monoisotopic (exact) mass is 313 g/mol. The molecule has 5 heteroatoms. The van der Waals surface area contributed by atoms with Crippen LogP contribution in [0.25, 0.3) is 0 Å². The molecule has 0 saturated carbocycles. The van der Waals surface area contributed by atoms with Crippen molar-refractivity contribution in [1.29, 1.82) is 0 Å². The van der Waals surface area contributed by atoms with Crippen LogP contribution in [0.3, 0.4) is 0 Å². The fourth-order valence-corrected chi connectivity index (χ4v) is 3.04. The molecule has 0 bridgehead atoms. The Hall–Kier alpha value is -1.33. The molecule has 2 unspecified atom stereocenters. The Kier molecular flexibility index (Phi) is 5.42. The molecule has 0 saturated heterocycles. The number of halogens is 3. The van der Waals surface area contributed by atoms with Crippen LogP contribution in [0.2, 0.25) is 0 Å². The van der Waals surface area contributed by atoms with E-state index in [1.165, 1.54) is 0 Å². The van der Waals surface area contributed by atoms with Crippen molar-refractivity contribution >= 4 is 11.3 Å². The average Bonchev–Trinajstić information content (AvgIpc) is 2.90. The number of benzene rings is 1. The van der Waals surface area contributed by atoms with E-state index < -0.39 is 18.6 Å². The van der Waals surface area contributed by atoms with Gasteiger partial charge < -0.3 is 5.32 Å². The fraction of sp³-hybridized carbons (Fsp3) is 0.375. The smallest absolute Gasteiger partial charge is 0.307 e. The lowest BCUT2D eigenvalue weighted by atomic mass is 10.0. The van der Waals surface area contributed by atoms with Crippen molar-refractivity contribution in [3.63, 3.8) is 0 Å². The molecule has 2 rings (SSSR count). The zero-order chi connectivity index (χ0) is 15.3. The molecule has 0 amide bonds. The standard InChI is InChI=1S/C16H18F3NS/c1-12(9-13-7-8-21-11-13)20-15(10-16(17,18)19)14-5-3-2-4-6-14/h2-8,11-12,15,20H,9-10H2,1H3. The lowest BCUT2D eigenvalue weighted by molar-refractivity contribution is -0.140. The second-order valence-electron chi connectivity index (χ2n) is 5.19. The van der Waals surface area contributed by atoms with E-state index in [0.29, 0.717) is 5.56 Å². The molecule has 0 fully saturated rings. The first-order valence-electron chi connectivity index (χ1n) is 6.83. The summed E-state index contributed by atoms with van der Waals surface area (Å²) in [6, 6.07) is 10.1. The first-order valence-corrected chi connectivity index (χ1v) is 7.77. The molecule has 1 nitrogen and oxygen atoms in total. The highest BCUT2D eigenvalue weighted by Gasteiger charge is 2.33. The first kappa shape index (κ1) is 16.0. The minimum absolute atomic E-state index is 0.0212. The Morgan fingerprint density at radius 3 is 2.43 bits per heavy atom. The average molecular weight is 313 g/mol. The van der Waals surface area contributed by atoms with Crippen LogP contribution in [0.1, 0.15) is 30.5 Å². The largest absolute Gasteiger partial charge is 0.390 e. The van der Waals surface area contributed by atoms with Gasteiger partial charge in [0.1, 0.15) is 0 Å². The highest BCUT2D eigenvalue weighted by atomic mass is 32.1. The zero-order valence-electron chi connectivity index (χ0n) is 11.7. The molecule has 2 aromatic rings. The number of rotatable bonds is 6. The maximum atomic E-state index is 12.8. The van der Waals surface area contributed by atoms with Crippen LogP contribution in [0.15, 0.2) is 47.2 Å². The molecule has 0 aliphatic heterocycles. The molecular formula is C16H18F3NS. The summed E-state index contributed by atoms with van der Waals surface area (Å²) in [6.07, 6.45) is -4.31. The molecule has 0 aliphatic rings. The van der Waals surface area contributed by atoms with Gasteiger partial charge in [-0.3, -0.25) is 0 Å². The Bertz CT molecular complexity index is 522. The molecule has 114 valence electrons. The van der Waals surface area contributed by atoms with Crippen molar-refractivity contribution in [1.82, 2.24) is 5.32 Å². The minimum atomic E-state index is -4.18. The van der Waals surface area contributed by atoms with Crippen LogP contribution in [0, 0.1) is 0 Å². The van der Waals surface area contributed by atoms with Crippen molar-refractivity contribution in [3.8, 4) is 0 Å². The maximum absolute atomic E-state index is 12.8. The lowest BCUT2D eigenvalue weighted by Gasteiger charge is -2.24. The Morgan fingerprint density at radius 2 is 1.86 bits per heavy atom. The number of thiophene rings is 1. The van der Waals surface area contributed by atoms with Crippen LogP contribution >= 0.6 is 11.3 Å². The molecule has 0 radical (unpaired) electrons. The number of nitrogens with one attached hydrogen (secondary N) is 1. The van der Waals surface area contributed by atoms with Gasteiger partial charge in [-0.05, 0) is 41.3 Å². The van der Waals surface area contributed by atoms with Crippen LogP contribution in [0.4, 0.5) is 13.2 Å². The highest BCUT2D eigenvalue weighted by Crippen LogP contribution is 2.30. The number of hydrogen-bond donors (Lipinski definition) is 1. The second-order valence-corrected chi connectivity index (χ2v) is 5.97. The normalized spacial score (nSPS) is 14.9. The molecule has 1 aromatic heterocycles. The van der Waals surface area contributed by atoms with E-state index in [1.807, 2.05) is 29.8 Å². The summed E-state index contributed by atoms with van der Waals surface area (Å²) < 4.78 is 38.3. The maximum Gasteiger partial charge on any atom is 0.390 e. The van der Waals surface area contributed by atoms with E-state index in [0.717, 1.165) is 12.0 Å². The molecule has 21 heavy (non-hydrogen) atoms. The molecule has 1 heterocycles. The summed E-state index contributed by atoms with van der Waals surface area (Å²) in [7, 11) is 0. The van der Waals surface area contributed by atoms with Crippen molar-refractivity contribution < 1.29 is 13.2 Å². The SMILES string of the molecule is CC(Cc1ccsc1)NC(CC(F)(F)F)c1ccccc1. The predicted molar refractivity (Wildman–Crippen MR) is 80.5 cm³/mol. The summed E-state index contributed by atoms with van der Waals surface area (Å²) in [5.41, 5.74) is 1.82. The highest BCUT2D eigenvalue weighted by molar-refractivity contribution is 7.07. The topological polar surface area (TPSA) is 12.0 Å². The van der Waals surface area contributed by atoms with Gasteiger partial charge in [-0.25, -0.2) is 0 Å². The minimum Gasteiger partial charge on any atom is -0.307 e. The number of alkyl halides is 3. The summed E-state index contributed by atoms with van der Waals surface area (Å²) in [5.74, 6) is 0. The van der Waals surface area contributed by atoms with Gasteiger partial charge in [0.2, 0.25) is 0 Å². The first-order chi connectivity index (χ1) is 9.94. The molecule has 1 aromatic carbocycles. The van der Waals surface area contributed by atoms with Gasteiger partial charge in [-0.2, -0.15) is 24.5 Å². The van der Waals surface area contributed by atoms with E-state index in [-0.39, 0.29) is 6.04 Å².